The number of thioether (sulfide) groups is 1. The lowest BCUT2D eigenvalue weighted by Crippen LogP contribution is -2.30. The molecule has 0 unspecified atom stereocenters. The summed E-state index contributed by atoms with van der Waals surface area (Å²) in [5.74, 6) is 0.315. The van der Waals surface area contributed by atoms with E-state index in [1.54, 1.807) is 18.2 Å². The van der Waals surface area contributed by atoms with Crippen molar-refractivity contribution in [2.24, 2.45) is 0 Å². The molecule has 0 atom stereocenters. The van der Waals surface area contributed by atoms with E-state index in [4.69, 9.17) is 27.9 Å². The molecule has 2 amide bonds. The van der Waals surface area contributed by atoms with Gasteiger partial charge in [-0.3, -0.25) is 14.5 Å². The number of amides is 2. The first-order valence-corrected chi connectivity index (χ1v) is 13.3. The molecule has 0 saturated carbocycles. The summed E-state index contributed by atoms with van der Waals surface area (Å²) in [5, 5.41) is 0.828. The Kier molecular flexibility index (Phi) is 8.43. The van der Waals surface area contributed by atoms with Gasteiger partial charge in [0.05, 0.1) is 13.9 Å². The minimum Gasteiger partial charge on any atom is -0.486 e. The van der Waals surface area contributed by atoms with Gasteiger partial charge < -0.3 is 4.74 Å². The lowest BCUT2D eigenvalue weighted by Gasteiger charge is -2.13. The van der Waals surface area contributed by atoms with Crippen molar-refractivity contribution in [2.75, 3.05) is 6.54 Å². The predicted molar refractivity (Wildman–Crippen MR) is 145 cm³/mol. The largest absolute Gasteiger partial charge is 0.486 e. The number of nitrogens with zero attached hydrogens (tertiary/aromatic N) is 1. The van der Waals surface area contributed by atoms with Crippen molar-refractivity contribution >= 4 is 84.0 Å². The van der Waals surface area contributed by atoms with Crippen LogP contribution < -0.4 is 4.74 Å². The predicted octanol–water partition coefficient (Wildman–Crippen LogP) is 8.38. The zero-order chi connectivity index (χ0) is 24.2. The van der Waals surface area contributed by atoms with E-state index >= 15 is 0 Å². The molecule has 0 aromatic heterocycles. The van der Waals surface area contributed by atoms with Gasteiger partial charge in [-0.15, -0.1) is 0 Å². The van der Waals surface area contributed by atoms with Gasteiger partial charge in [0.25, 0.3) is 11.1 Å². The van der Waals surface area contributed by atoms with Crippen LogP contribution in [0, 0.1) is 0 Å². The van der Waals surface area contributed by atoms with Crippen LogP contribution in [0.4, 0.5) is 4.79 Å². The van der Waals surface area contributed by atoms with Gasteiger partial charge in [0, 0.05) is 22.2 Å². The third-order valence-electron chi connectivity index (χ3n) is 5.05. The summed E-state index contributed by atoms with van der Waals surface area (Å²) in [6, 6.07) is 18.7. The summed E-state index contributed by atoms with van der Waals surface area (Å²) in [4.78, 5) is 27.0. The molecule has 0 bridgehead atoms. The SMILES string of the molecule is O=C1S/C(=C\c2cc(Br)c(OCc3ccc(Cl)cc3Cl)c(Br)c2)C(=O)N1CCc1ccccc1. The van der Waals surface area contributed by atoms with Gasteiger partial charge in [-0.05, 0) is 91.5 Å². The Hall–Kier alpha value is -1.77. The topological polar surface area (TPSA) is 46.6 Å². The third-order valence-corrected chi connectivity index (χ3v) is 7.72. The standard InChI is InChI=1S/C25H17Br2Cl2NO3S/c26-19-10-16(11-20(27)23(19)33-14-17-6-7-18(28)13-21(17)29)12-22-24(31)30(25(32)34-22)9-8-15-4-2-1-3-5-15/h1-7,10-13H,8-9,14H2/b22-12-. The van der Waals surface area contributed by atoms with Gasteiger partial charge in [-0.2, -0.15) is 0 Å². The number of imide groups is 1. The van der Waals surface area contributed by atoms with Crippen molar-refractivity contribution in [3.05, 3.63) is 101 Å². The second kappa shape index (κ2) is 11.3. The molecule has 4 nitrogen and oxygen atoms in total. The molecule has 4 rings (SSSR count). The Labute approximate surface area is 228 Å². The summed E-state index contributed by atoms with van der Waals surface area (Å²) in [6.45, 7) is 0.603. The van der Waals surface area contributed by atoms with E-state index < -0.39 is 0 Å². The molecular weight excluding hydrogens is 625 g/mol. The Morgan fingerprint density at radius 3 is 2.35 bits per heavy atom. The van der Waals surface area contributed by atoms with Crippen molar-refractivity contribution in [1.29, 1.82) is 0 Å². The third kappa shape index (κ3) is 6.07. The quantitative estimate of drug-likeness (QED) is 0.243. The van der Waals surface area contributed by atoms with Crippen molar-refractivity contribution < 1.29 is 14.3 Å². The number of hydrogen-bond donors (Lipinski definition) is 0. The summed E-state index contributed by atoms with van der Waals surface area (Å²) in [6.07, 6.45) is 2.33. The van der Waals surface area contributed by atoms with Gasteiger partial charge in [0.1, 0.15) is 12.4 Å². The van der Waals surface area contributed by atoms with E-state index in [1.807, 2.05) is 48.5 Å². The maximum Gasteiger partial charge on any atom is 0.293 e. The van der Waals surface area contributed by atoms with Crippen LogP contribution in [-0.2, 0) is 17.8 Å². The van der Waals surface area contributed by atoms with E-state index in [0.29, 0.717) is 42.6 Å². The maximum absolute atomic E-state index is 12.8. The summed E-state index contributed by atoms with van der Waals surface area (Å²) < 4.78 is 7.34. The number of ether oxygens (including phenoxy) is 1. The number of carbonyl (C=O) groups excluding carboxylic acids is 2. The molecule has 174 valence electrons. The molecule has 3 aromatic rings. The highest BCUT2D eigenvalue weighted by atomic mass is 79.9. The molecule has 3 aromatic carbocycles. The van der Waals surface area contributed by atoms with E-state index in [1.165, 1.54) is 4.90 Å². The first kappa shape index (κ1) is 25.3. The lowest BCUT2D eigenvalue weighted by molar-refractivity contribution is -0.122. The Morgan fingerprint density at radius 2 is 1.68 bits per heavy atom. The lowest BCUT2D eigenvalue weighted by atomic mass is 10.1. The Bertz CT molecular complexity index is 1260. The van der Waals surface area contributed by atoms with Crippen LogP contribution in [-0.4, -0.2) is 22.6 Å². The molecule has 1 aliphatic heterocycles. The van der Waals surface area contributed by atoms with Crippen LogP contribution in [0.25, 0.3) is 6.08 Å². The number of halogens is 4. The van der Waals surface area contributed by atoms with Crippen LogP contribution in [0.15, 0.2) is 74.5 Å². The van der Waals surface area contributed by atoms with Crippen molar-refractivity contribution in [2.45, 2.75) is 13.0 Å². The van der Waals surface area contributed by atoms with Gasteiger partial charge in [0.15, 0.2) is 0 Å². The fraction of sp³-hybridized carbons (Fsp3) is 0.120. The van der Waals surface area contributed by atoms with E-state index in [9.17, 15) is 9.59 Å². The van der Waals surface area contributed by atoms with Crippen molar-refractivity contribution in [3.8, 4) is 5.75 Å². The van der Waals surface area contributed by atoms with E-state index in [-0.39, 0.29) is 17.8 Å². The second-order valence-electron chi connectivity index (χ2n) is 7.41. The summed E-state index contributed by atoms with van der Waals surface area (Å²) in [5.41, 5.74) is 2.64. The molecule has 9 heteroatoms. The molecule has 0 spiro atoms. The first-order valence-electron chi connectivity index (χ1n) is 10.2. The van der Waals surface area contributed by atoms with Crippen LogP contribution in [0.1, 0.15) is 16.7 Å². The fourth-order valence-electron chi connectivity index (χ4n) is 3.32. The van der Waals surface area contributed by atoms with Crippen molar-refractivity contribution in [3.63, 3.8) is 0 Å². The highest BCUT2D eigenvalue weighted by molar-refractivity contribution is 9.11. The first-order chi connectivity index (χ1) is 16.3. The molecule has 1 fully saturated rings. The summed E-state index contributed by atoms with van der Waals surface area (Å²) >= 11 is 20.2. The van der Waals surface area contributed by atoms with Crippen LogP contribution in [0.5, 0.6) is 5.75 Å². The molecule has 1 heterocycles. The van der Waals surface area contributed by atoms with Gasteiger partial charge >= 0.3 is 0 Å². The van der Waals surface area contributed by atoms with Gasteiger partial charge in [0.2, 0.25) is 0 Å². The molecule has 0 aliphatic carbocycles. The maximum atomic E-state index is 12.8. The summed E-state index contributed by atoms with van der Waals surface area (Å²) in [7, 11) is 0. The van der Waals surface area contributed by atoms with Gasteiger partial charge in [-0.25, -0.2) is 0 Å². The smallest absolute Gasteiger partial charge is 0.293 e. The van der Waals surface area contributed by atoms with Crippen LogP contribution in [0.2, 0.25) is 10.0 Å². The van der Waals surface area contributed by atoms with Gasteiger partial charge in [-0.1, -0.05) is 59.6 Å². The fourth-order valence-corrected chi connectivity index (χ4v) is 6.10. The monoisotopic (exact) mass is 639 g/mol. The Morgan fingerprint density at radius 1 is 0.971 bits per heavy atom. The second-order valence-corrected chi connectivity index (χ2v) is 11.0. The molecule has 1 saturated heterocycles. The minimum atomic E-state index is -0.282. The molecule has 1 aliphatic rings. The number of carbonyl (C=O) groups is 2. The molecule has 0 radical (unpaired) electrons. The molecular formula is C25H17Br2Cl2NO3S. The van der Waals surface area contributed by atoms with Crippen LogP contribution in [0.3, 0.4) is 0 Å². The number of benzene rings is 3. The zero-order valence-electron chi connectivity index (χ0n) is 17.6. The zero-order valence-corrected chi connectivity index (χ0v) is 23.1. The molecule has 0 N–H and O–H groups in total. The number of hydrogen-bond acceptors (Lipinski definition) is 4. The Balaban J connectivity index is 1.46. The minimum absolute atomic E-state index is 0.257. The normalized spacial score (nSPS) is 14.8. The highest BCUT2D eigenvalue weighted by Gasteiger charge is 2.34. The van der Waals surface area contributed by atoms with Crippen molar-refractivity contribution in [1.82, 2.24) is 4.90 Å². The highest BCUT2D eigenvalue weighted by Crippen LogP contribution is 2.38. The van der Waals surface area contributed by atoms with Crippen LogP contribution >= 0.6 is 66.8 Å². The van der Waals surface area contributed by atoms with E-state index in [2.05, 4.69) is 31.9 Å². The van der Waals surface area contributed by atoms with E-state index in [0.717, 1.165) is 28.5 Å². The number of rotatable bonds is 7. The average molecular weight is 642 g/mol. The molecule has 34 heavy (non-hydrogen) atoms. The average Bonchev–Trinajstić information content (AvgIpc) is 3.06.